The van der Waals surface area contributed by atoms with E-state index in [2.05, 4.69) is 9.97 Å². The Hall–Kier alpha value is -4.59. The van der Waals surface area contributed by atoms with Gasteiger partial charge in [-0.25, -0.2) is 4.98 Å². The number of imidazole rings is 1. The van der Waals surface area contributed by atoms with Gasteiger partial charge in [-0.2, -0.15) is 0 Å². The van der Waals surface area contributed by atoms with Crippen molar-refractivity contribution in [2.24, 2.45) is 0 Å². The van der Waals surface area contributed by atoms with Crippen molar-refractivity contribution in [2.75, 3.05) is 4.90 Å². The largest absolute Gasteiger partial charge is 0.508 e. The first kappa shape index (κ1) is 22.2. The molecule has 1 aliphatic heterocycles. The number of Topliss-reactive ketones (excluding diaryl/α,β-unsaturated/α-hetero) is 1. The quantitative estimate of drug-likeness (QED) is 0.222. The summed E-state index contributed by atoms with van der Waals surface area (Å²) in [6.45, 7) is 3.81. The second-order valence-electron chi connectivity index (χ2n) is 8.53. The fraction of sp³-hybridized carbons (Fsp3) is 0.148. The molecule has 1 aliphatic rings. The van der Waals surface area contributed by atoms with Crippen LogP contribution in [0.3, 0.4) is 0 Å². The van der Waals surface area contributed by atoms with Gasteiger partial charge in [-0.15, -0.1) is 0 Å². The monoisotopic (exact) mass is 469 g/mol. The smallest absolute Gasteiger partial charge is 0.302 e. The van der Waals surface area contributed by atoms with Crippen LogP contribution in [0.4, 0.5) is 5.95 Å². The lowest BCUT2D eigenvalue weighted by molar-refractivity contribution is -0.132. The molecule has 0 radical (unpaired) electrons. The first-order valence-corrected chi connectivity index (χ1v) is 11.2. The lowest BCUT2D eigenvalue weighted by atomic mass is 9.95. The Morgan fingerprint density at radius 3 is 2.46 bits per heavy atom. The van der Waals surface area contributed by atoms with Crippen LogP contribution in [-0.2, 0) is 9.59 Å². The van der Waals surface area contributed by atoms with Crippen molar-refractivity contribution in [2.45, 2.75) is 26.0 Å². The van der Waals surface area contributed by atoms with Gasteiger partial charge in [-0.05, 0) is 67.9 Å². The Bertz CT molecular complexity index is 1440. The summed E-state index contributed by atoms with van der Waals surface area (Å²) < 4.78 is 5.65. The molecular weight excluding hydrogens is 446 g/mol. The minimum atomic E-state index is -1.01. The normalized spacial score (nSPS) is 17.5. The Kier molecular flexibility index (Phi) is 5.49. The number of fused-ring (bicyclic) bond motifs is 1. The summed E-state index contributed by atoms with van der Waals surface area (Å²) in [5, 5.41) is 21.3. The van der Waals surface area contributed by atoms with Crippen LogP contribution in [-0.4, -0.2) is 38.0 Å². The van der Waals surface area contributed by atoms with Crippen molar-refractivity contribution in [1.82, 2.24) is 9.97 Å². The van der Waals surface area contributed by atoms with E-state index in [0.717, 1.165) is 0 Å². The Balaban J connectivity index is 1.67. The number of aliphatic hydroxyl groups is 1. The standard InChI is InChI=1S/C27H23N3O5/c1-15(2)35-19-12-10-16(11-13-19)24(32)22-23(17-6-5-7-18(31)14-17)30(26(34)25(22)33)27-28-20-8-3-4-9-21(20)29-27/h3-15,23,31-32H,1-2H3,(H,28,29)/b24-22+. The molecule has 0 spiro atoms. The van der Waals surface area contributed by atoms with Gasteiger partial charge in [0, 0.05) is 5.56 Å². The van der Waals surface area contributed by atoms with E-state index in [9.17, 15) is 19.8 Å². The zero-order valence-corrected chi connectivity index (χ0v) is 19.1. The highest BCUT2D eigenvalue weighted by atomic mass is 16.5. The second kappa shape index (κ2) is 8.64. The van der Waals surface area contributed by atoms with E-state index in [0.29, 0.717) is 27.9 Å². The molecule has 8 heteroatoms. The van der Waals surface area contributed by atoms with Crippen LogP contribution in [0.5, 0.6) is 11.5 Å². The van der Waals surface area contributed by atoms with Gasteiger partial charge in [0.15, 0.2) is 0 Å². The van der Waals surface area contributed by atoms with E-state index < -0.39 is 17.7 Å². The molecule has 1 fully saturated rings. The van der Waals surface area contributed by atoms with Crippen LogP contribution in [0, 0.1) is 0 Å². The molecule has 1 unspecified atom stereocenters. The summed E-state index contributed by atoms with van der Waals surface area (Å²) in [4.78, 5) is 35.3. The summed E-state index contributed by atoms with van der Waals surface area (Å²) >= 11 is 0. The number of aromatic amines is 1. The number of benzene rings is 3. The third-order valence-electron chi connectivity index (χ3n) is 5.73. The fourth-order valence-corrected chi connectivity index (χ4v) is 4.23. The molecule has 176 valence electrons. The maximum Gasteiger partial charge on any atom is 0.302 e. The summed E-state index contributed by atoms with van der Waals surface area (Å²) in [5.41, 5.74) is 2.03. The van der Waals surface area contributed by atoms with Gasteiger partial charge in [-0.3, -0.25) is 14.5 Å². The highest BCUT2D eigenvalue weighted by molar-refractivity contribution is 6.51. The molecule has 8 nitrogen and oxygen atoms in total. The molecule has 1 aromatic heterocycles. The number of H-pyrrole nitrogens is 1. The number of ketones is 1. The number of rotatable bonds is 5. The van der Waals surface area contributed by atoms with Gasteiger partial charge in [0.1, 0.15) is 17.3 Å². The number of amides is 1. The third kappa shape index (κ3) is 3.99. The Morgan fingerprint density at radius 1 is 1.03 bits per heavy atom. The van der Waals surface area contributed by atoms with Crippen LogP contribution in [0.15, 0.2) is 78.4 Å². The van der Waals surface area contributed by atoms with E-state index in [-0.39, 0.29) is 29.1 Å². The average molecular weight is 469 g/mol. The maximum absolute atomic E-state index is 13.3. The van der Waals surface area contributed by atoms with Crippen LogP contribution >= 0.6 is 0 Å². The SMILES string of the molecule is CC(C)Oc1ccc(/C(O)=C2\C(=O)C(=O)N(c3nc4ccccc4[nH]3)C2c2cccc(O)c2)cc1. The number of anilines is 1. The molecule has 5 rings (SSSR count). The van der Waals surface area contributed by atoms with Gasteiger partial charge < -0.3 is 19.9 Å². The molecule has 1 amide bonds. The van der Waals surface area contributed by atoms with Crippen molar-refractivity contribution in [3.63, 3.8) is 0 Å². The van der Waals surface area contributed by atoms with Gasteiger partial charge >= 0.3 is 5.91 Å². The number of nitrogens with zero attached hydrogens (tertiary/aromatic N) is 2. The second-order valence-corrected chi connectivity index (χ2v) is 8.53. The van der Waals surface area contributed by atoms with Crippen molar-refractivity contribution in [3.8, 4) is 11.5 Å². The average Bonchev–Trinajstić information content (AvgIpc) is 3.37. The minimum absolute atomic E-state index is 0.0191. The van der Waals surface area contributed by atoms with E-state index in [1.165, 1.54) is 17.0 Å². The zero-order chi connectivity index (χ0) is 24.7. The van der Waals surface area contributed by atoms with Crippen molar-refractivity contribution in [3.05, 3.63) is 89.5 Å². The van der Waals surface area contributed by atoms with Crippen LogP contribution in [0.1, 0.15) is 31.0 Å². The first-order chi connectivity index (χ1) is 16.8. The van der Waals surface area contributed by atoms with E-state index >= 15 is 0 Å². The lowest BCUT2D eigenvalue weighted by Gasteiger charge is -2.23. The topological polar surface area (TPSA) is 116 Å². The van der Waals surface area contributed by atoms with E-state index in [4.69, 9.17) is 4.74 Å². The number of aliphatic hydroxyl groups excluding tert-OH is 1. The zero-order valence-electron chi connectivity index (χ0n) is 19.1. The Morgan fingerprint density at radius 2 is 1.77 bits per heavy atom. The predicted molar refractivity (Wildman–Crippen MR) is 131 cm³/mol. The highest BCUT2D eigenvalue weighted by Gasteiger charge is 2.48. The molecule has 3 N–H and O–H groups in total. The number of aromatic hydroxyl groups is 1. The molecule has 1 saturated heterocycles. The number of carbonyl (C=O) groups excluding carboxylic acids is 2. The number of hydrogen-bond donors (Lipinski definition) is 3. The van der Waals surface area contributed by atoms with Gasteiger partial charge in [0.25, 0.3) is 5.78 Å². The van der Waals surface area contributed by atoms with Crippen molar-refractivity contribution < 1.29 is 24.5 Å². The van der Waals surface area contributed by atoms with Gasteiger partial charge in [-0.1, -0.05) is 24.3 Å². The molecule has 35 heavy (non-hydrogen) atoms. The molecule has 4 aromatic rings. The highest BCUT2D eigenvalue weighted by Crippen LogP contribution is 2.42. The van der Waals surface area contributed by atoms with Crippen molar-refractivity contribution in [1.29, 1.82) is 0 Å². The molecule has 0 aliphatic carbocycles. The van der Waals surface area contributed by atoms with Crippen LogP contribution in [0.2, 0.25) is 0 Å². The molecule has 2 heterocycles. The number of ether oxygens (including phenoxy) is 1. The number of hydrogen-bond acceptors (Lipinski definition) is 6. The molecular formula is C27H23N3O5. The van der Waals surface area contributed by atoms with Crippen molar-refractivity contribution >= 4 is 34.4 Å². The summed E-state index contributed by atoms with van der Waals surface area (Å²) in [7, 11) is 0. The number of phenols is 1. The Labute approximate surface area is 201 Å². The lowest BCUT2D eigenvalue weighted by Crippen LogP contribution is -2.30. The molecule has 3 aromatic carbocycles. The van der Waals surface area contributed by atoms with Gasteiger partial charge in [0.05, 0.1) is 28.8 Å². The molecule has 0 saturated carbocycles. The molecule has 0 bridgehead atoms. The van der Waals surface area contributed by atoms with E-state index in [1.807, 2.05) is 32.0 Å². The number of nitrogens with one attached hydrogen (secondary N) is 1. The summed E-state index contributed by atoms with van der Waals surface area (Å²) in [6.07, 6.45) is -0.0191. The van der Waals surface area contributed by atoms with E-state index in [1.54, 1.807) is 42.5 Å². The van der Waals surface area contributed by atoms with Crippen LogP contribution < -0.4 is 9.64 Å². The first-order valence-electron chi connectivity index (χ1n) is 11.2. The maximum atomic E-state index is 13.3. The number of aromatic nitrogens is 2. The summed E-state index contributed by atoms with van der Waals surface area (Å²) in [6, 6.07) is 19.1. The summed E-state index contributed by atoms with van der Waals surface area (Å²) in [5.74, 6) is -1.26. The number of phenolic OH excluding ortho intramolecular Hbond substituents is 1. The molecule has 1 atom stereocenters. The minimum Gasteiger partial charge on any atom is -0.508 e. The number of carbonyl (C=O) groups is 2. The van der Waals surface area contributed by atoms with Crippen LogP contribution in [0.25, 0.3) is 16.8 Å². The number of para-hydroxylation sites is 2. The van der Waals surface area contributed by atoms with Gasteiger partial charge in [0.2, 0.25) is 5.95 Å². The predicted octanol–water partition coefficient (Wildman–Crippen LogP) is 4.68. The third-order valence-corrected chi connectivity index (χ3v) is 5.73. The fourth-order valence-electron chi connectivity index (χ4n) is 4.23.